The molecule has 2 aliphatic rings. The highest BCUT2D eigenvalue weighted by molar-refractivity contribution is 14.0. The van der Waals surface area contributed by atoms with E-state index in [4.69, 9.17) is 4.74 Å². The van der Waals surface area contributed by atoms with E-state index in [2.05, 4.69) is 46.8 Å². The predicted molar refractivity (Wildman–Crippen MR) is 134 cm³/mol. The molecule has 7 heteroatoms. The summed E-state index contributed by atoms with van der Waals surface area (Å²) < 4.78 is 5.64. The summed E-state index contributed by atoms with van der Waals surface area (Å²) in [5.41, 5.74) is 2.66. The average molecular weight is 526 g/mol. The Labute approximate surface area is 197 Å². The van der Waals surface area contributed by atoms with E-state index in [0.717, 1.165) is 48.5 Å². The molecule has 166 valence electrons. The number of halogens is 1. The summed E-state index contributed by atoms with van der Waals surface area (Å²) in [5, 5.41) is 6.83. The Kier molecular flexibility index (Phi) is 8.58. The van der Waals surface area contributed by atoms with E-state index in [1.807, 2.05) is 31.7 Å². The fraction of sp³-hybridized carbons (Fsp3) is 0.565. The first-order valence-electron chi connectivity index (χ1n) is 10.5. The van der Waals surface area contributed by atoms with Crippen molar-refractivity contribution in [1.29, 1.82) is 0 Å². The molecule has 0 aliphatic heterocycles. The number of benzene rings is 1. The van der Waals surface area contributed by atoms with Crippen LogP contribution >= 0.6 is 24.0 Å². The van der Waals surface area contributed by atoms with Gasteiger partial charge in [-0.25, -0.2) is 4.79 Å². The number of ether oxygens (including phenoxy) is 1. The van der Waals surface area contributed by atoms with Gasteiger partial charge in [0.1, 0.15) is 5.60 Å². The molecule has 1 fully saturated rings. The lowest BCUT2D eigenvalue weighted by molar-refractivity contribution is 0.0577. The highest BCUT2D eigenvalue weighted by atomic mass is 127. The lowest BCUT2D eigenvalue weighted by Crippen LogP contribution is -2.42. The van der Waals surface area contributed by atoms with Gasteiger partial charge in [0.25, 0.3) is 0 Å². The Balaban J connectivity index is 0.00000320. The van der Waals surface area contributed by atoms with Crippen LogP contribution in [-0.4, -0.2) is 36.8 Å². The van der Waals surface area contributed by atoms with Crippen LogP contribution in [-0.2, 0) is 11.3 Å². The van der Waals surface area contributed by atoms with E-state index in [-0.39, 0.29) is 36.1 Å². The normalized spacial score (nSPS) is 16.8. The number of guanidine groups is 1. The number of hydrogen-bond donors (Lipinski definition) is 2. The van der Waals surface area contributed by atoms with Gasteiger partial charge < -0.3 is 15.4 Å². The molecule has 1 aromatic rings. The van der Waals surface area contributed by atoms with Crippen molar-refractivity contribution in [3.8, 4) is 0 Å². The molecule has 2 N–H and O–H groups in total. The molecular weight excluding hydrogens is 491 g/mol. The lowest BCUT2D eigenvalue weighted by Gasteiger charge is -2.28. The van der Waals surface area contributed by atoms with Crippen LogP contribution in [0.4, 0.5) is 10.5 Å². The van der Waals surface area contributed by atoms with Crippen molar-refractivity contribution >= 4 is 41.7 Å². The zero-order chi connectivity index (χ0) is 21.0. The molecule has 30 heavy (non-hydrogen) atoms. The lowest BCUT2D eigenvalue weighted by atomic mass is 10.1. The van der Waals surface area contributed by atoms with Gasteiger partial charge >= 0.3 is 6.09 Å². The van der Waals surface area contributed by atoms with Crippen molar-refractivity contribution in [2.75, 3.05) is 11.9 Å². The van der Waals surface area contributed by atoms with Crippen LogP contribution in [0.25, 0.3) is 0 Å². The molecule has 0 radical (unpaired) electrons. The maximum absolute atomic E-state index is 12.8. The number of aryl methyl sites for hydroxylation is 1. The summed E-state index contributed by atoms with van der Waals surface area (Å²) in [6.45, 7) is 8.44. The van der Waals surface area contributed by atoms with Crippen molar-refractivity contribution < 1.29 is 9.53 Å². The van der Waals surface area contributed by atoms with Crippen LogP contribution in [0.15, 0.2) is 35.3 Å². The summed E-state index contributed by atoms with van der Waals surface area (Å²) in [6, 6.07) is 6.90. The molecule has 2 aliphatic carbocycles. The van der Waals surface area contributed by atoms with E-state index in [0.29, 0.717) is 12.6 Å². The number of carbonyl (C=O) groups excluding carboxylic acids is 1. The van der Waals surface area contributed by atoms with Gasteiger partial charge in [-0.2, -0.15) is 0 Å². The van der Waals surface area contributed by atoms with Crippen LogP contribution in [0.2, 0.25) is 0 Å². The van der Waals surface area contributed by atoms with Crippen LogP contribution < -0.4 is 15.5 Å². The maximum atomic E-state index is 12.8. The second kappa shape index (κ2) is 10.5. The quantitative estimate of drug-likeness (QED) is 0.248. The van der Waals surface area contributed by atoms with Gasteiger partial charge in [0.15, 0.2) is 5.96 Å². The third-order valence-corrected chi connectivity index (χ3v) is 5.06. The molecule has 1 saturated carbocycles. The first-order valence-corrected chi connectivity index (χ1v) is 10.5. The highest BCUT2D eigenvalue weighted by Gasteiger charge is 2.37. The van der Waals surface area contributed by atoms with Crippen LogP contribution in [0.5, 0.6) is 0 Å². The molecule has 1 aromatic carbocycles. The highest BCUT2D eigenvalue weighted by Crippen LogP contribution is 2.35. The van der Waals surface area contributed by atoms with E-state index >= 15 is 0 Å². The smallest absolute Gasteiger partial charge is 0.415 e. The zero-order valence-electron chi connectivity index (χ0n) is 18.7. The minimum Gasteiger partial charge on any atom is -0.443 e. The molecule has 0 saturated heterocycles. The number of hydrogen-bond acceptors (Lipinski definition) is 3. The first-order chi connectivity index (χ1) is 13.8. The fourth-order valence-corrected chi connectivity index (χ4v) is 3.49. The van der Waals surface area contributed by atoms with Gasteiger partial charge in [-0.1, -0.05) is 24.3 Å². The second-order valence-electron chi connectivity index (χ2n) is 8.91. The standard InChI is InChI=1S/C23H34N4O2.HI/c1-16-14-17(15-25-21(24-5)26-18-8-6-7-9-18)10-13-20(16)27(19-11-12-19)22(28)29-23(2,3)4;/h6-7,10,13-14,18-19H,8-9,11-12,15H2,1-5H3,(H2,24,25,26);1H. The van der Waals surface area contributed by atoms with Gasteiger partial charge in [-0.3, -0.25) is 9.89 Å². The third kappa shape index (κ3) is 6.89. The van der Waals surface area contributed by atoms with Crippen molar-refractivity contribution in [2.45, 2.75) is 77.6 Å². The number of rotatable bonds is 5. The SMILES string of the molecule is CN=C(NCc1ccc(N(C(=O)OC(C)(C)C)C2CC2)c(C)c1)NC1CC=CC1.I. The van der Waals surface area contributed by atoms with E-state index in [9.17, 15) is 4.79 Å². The number of amides is 1. The van der Waals surface area contributed by atoms with E-state index < -0.39 is 5.60 Å². The number of nitrogens with zero attached hydrogens (tertiary/aromatic N) is 2. The Hall–Kier alpha value is -1.77. The molecule has 0 aromatic heterocycles. The van der Waals surface area contributed by atoms with Crippen LogP contribution in [0, 0.1) is 6.92 Å². The van der Waals surface area contributed by atoms with Crippen molar-refractivity contribution in [2.24, 2.45) is 4.99 Å². The molecule has 0 bridgehead atoms. The van der Waals surface area contributed by atoms with Gasteiger partial charge in [0.05, 0.1) is 5.69 Å². The van der Waals surface area contributed by atoms with Crippen LogP contribution in [0.1, 0.15) is 57.6 Å². The molecule has 0 heterocycles. The number of carbonyl (C=O) groups is 1. The molecule has 0 unspecified atom stereocenters. The zero-order valence-corrected chi connectivity index (χ0v) is 21.0. The fourth-order valence-electron chi connectivity index (χ4n) is 3.49. The Morgan fingerprint density at radius 2 is 1.90 bits per heavy atom. The predicted octanol–water partition coefficient (Wildman–Crippen LogP) is 4.90. The monoisotopic (exact) mass is 526 g/mol. The van der Waals surface area contributed by atoms with E-state index in [1.165, 1.54) is 0 Å². The third-order valence-electron chi connectivity index (χ3n) is 5.06. The average Bonchev–Trinajstić information content (AvgIpc) is 3.33. The van der Waals surface area contributed by atoms with Crippen LogP contribution in [0.3, 0.4) is 0 Å². The molecule has 3 rings (SSSR count). The summed E-state index contributed by atoms with van der Waals surface area (Å²) in [5.74, 6) is 0.814. The maximum Gasteiger partial charge on any atom is 0.415 e. The molecule has 0 atom stereocenters. The molecule has 6 nitrogen and oxygen atoms in total. The van der Waals surface area contributed by atoms with Gasteiger partial charge in [-0.05, 0) is 70.6 Å². The summed E-state index contributed by atoms with van der Waals surface area (Å²) in [7, 11) is 1.79. The number of nitrogens with one attached hydrogen (secondary N) is 2. The minimum atomic E-state index is -0.500. The van der Waals surface area contributed by atoms with Crippen molar-refractivity contribution in [1.82, 2.24) is 10.6 Å². The number of aliphatic imine (C=N–C) groups is 1. The van der Waals surface area contributed by atoms with Gasteiger partial charge in [0, 0.05) is 25.7 Å². The minimum absolute atomic E-state index is 0. The topological polar surface area (TPSA) is 66.0 Å². The summed E-state index contributed by atoms with van der Waals surface area (Å²) >= 11 is 0. The van der Waals surface area contributed by atoms with Gasteiger partial charge in [0.2, 0.25) is 0 Å². The summed E-state index contributed by atoms with van der Waals surface area (Å²) in [6.07, 6.45) is 8.27. The van der Waals surface area contributed by atoms with Crippen molar-refractivity contribution in [3.63, 3.8) is 0 Å². The Morgan fingerprint density at radius 3 is 2.43 bits per heavy atom. The van der Waals surface area contributed by atoms with E-state index in [1.54, 1.807) is 7.05 Å². The van der Waals surface area contributed by atoms with Gasteiger partial charge in [-0.15, -0.1) is 24.0 Å². The largest absolute Gasteiger partial charge is 0.443 e. The molecular formula is C23H35IN4O2. The first kappa shape index (κ1) is 24.5. The Bertz CT molecular complexity index is 789. The number of anilines is 1. The van der Waals surface area contributed by atoms with Crippen molar-refractivity contribution in [3.05, 3.63) is 41.5 Å². The second-order valence-corrected chi connectivity index (χ2v) is 8.91. The molecule has 0 spiro atoms. The molecule has 1 amide bonds. The summed E-state index contributed by atoms with van der Waals surface area (Å²) in [4.78, 5) is 18.9. The Morgan fingerprint density at radius 1 is 1.23 bits per heavy atom.